The first-order valence-electron chi connectivity index (χ1n) is 7.75. The molecule has 1 amide bonds. The SMILES string of the molecule is CC[NH+](Cc1cccs1)[C@@H](C)C(=O)Nc1ccc2c(c1)OCO2. The van der Waals surface area contributed by atoms with E-state index in [1.165, 1.54) is 9.78 Å². The van der Waals surface area contributed by atoms with Crippen molar-refractivity contribution in [3.8, 4) is 11.5 Å². The van der Waals surface area contributed by atoms with Gasteiger partial charge in [-0.05, 0) is 37.4 Å². The Morgan fingerprint density at radius 3 is 2.91 bits per heavy atom. The van der Waals surface area contributed by atoms with Crippen LogP contribution in [0.15, 0.2) is 35.7 Å². The largest absolute Gasteiger partial charge is 0.454 e. The second-order valence-electron chi connectivity index (χ2n) is 5.55. The number of rotatable bonds is 6. The number of carbonyl (C=O) groups excluding carboxylic acids is 1. The summed E-state index contributed by atoms with van der Waals surface area (Å²) in [6.07, 6.45) is 0. The molecule has 0 spiro atoms. The van der Waals surface area contributed by atoms with Crippen LogP contribution in [0.1, 0.15) is 18.7 Å². The maximum atomic E-state index is 12.5. The van der Waals surface area contributed by atoms with Crippen molar-refractivity contribution in [2.75, 3.05) is 18.7 Å². The zero-order valence-corrected chi connectivity index (χ0v) is 14.1. The van der Waals surface area contributed by atoms with Crippen LogP contribution in [0.4, 0.5) is 5.69 Å². The van der Waals surface area contributed by atoms with Gasteiger partial charge in [-0.3, -0.25) is 4.79 Å². The standard InChI is InChI=1S/C17H20N2O3S/c1-3-19(10-14-5-4-8-23-14)12(2)17(20)18-13-6-7-15-16(9-13)22-11-21-15/h4-9,12H,3,10-11H2,1-2H3,(H,18,20)/p+1/t12-/m0/s1. The summed E-state index contributed by atoms with van der Waals surface area (Å²) in [6, 6.07) is 9.49. The Hall–Kier alpha value is -2.05. The number of likely N-dealkylation sites (N-methyl/N-ethyl adjacent to an activating group) is 1. The summed E-state index contributed by atoms with van der Waals surface area (Å²) in [5.74, 6) is 1.40. The number of nitrogens with one attached hydrogen (secondary N) is 2. The Morgan fingerprint density at radius 1 is 1.35 bits per heavy atom. The summed E-state index contributed by atoms with van der Waals surface area (Å²) in [5.41, 5.74) is 0.734. The molecule has 0 saturated heterocycles. The van der Waals surface area contributed by atoms with Crippen LogP contribution < -0.4 is 19.7 Å². The number of fused-ring (bicyclic) bond motifs is 1. The summed E-state index contributed by atoms with van der Waals surface area (Å²) in [5, 5.41) is 5.04. The highest BCUT2D eigenvalue weighted by atomic mass is 32.1. The third-order valence-electron chi connectivity index (χ3n) is 4.08. The number of carbonyl (C=O) groups is 1. The molecule has 2 atom stereocenters. The van der Waals surface area contributed by atoms with Gasteiger partial charge in [0.1, 0.15) is 6.54 Å². The topological polar surface area (TPSA) is 52.0 Å². The normalized spacial score (nSPS) is 15.2. The number of benzene rings is 1. The van der Waals surface area contributed by atoms with E-state index in [9.17, 15) is 4.79 Å². The van der Waals surface area contributed by atoms with Crippen molar-refractivity contribution < 1.29 is 19.2 Å². The van der Waals surface area contributed by atoms with Crippen LogP contribution in [0.3, 0.4) is 0 Å². The molecule has 5 nitrogen and oxygen atoms in total. The fourth-order valence-electron chi connectivity index (χ4n) is 2.63. The molecule has 2 heterocycles. The minimum Gasteiger partial charge on any atom is -0.454 e. The molecule has 6 heteroatoms. The predicted molar refractivity (Wildman–Crippen MR) is 90.2 cm³/mol. The van der Waals surface area contributed by atoms with Crippen molar-refractivity contribution in [2.45, 2.75) is 26.4 Å². The van der Waals surface area contributed by atoms with Crippen LogP contribution in [0.2, 0.25) is 0 Å². The second kappa shape index (κ2) is 7.02. The van der Waals surface area contributed by atoms with Crippen LogP contribution in [-0.4, -0.2) is 25.3 Å². The van der Waals surface area contributed by atoms with Gasteiger partial charge in [-0.2, -0.15) is 0 Å². The molecule has 1 unspecified atom stereocenters. The van der Waals surface area contributed by atoms with E-state index < -0.39 is 0 Å². The van der Waals surface area contributed by atoms with Gasteiger partial charge < -0.3 is 19.7 Å². The molecule has 2 aromatic rings. The van der Waals surface area contributed by atoms with E-state index in [2.05, 4.69) is 23.7 Å². The molecule has 3 rings (SSSR count). The summed E-state index contributed by atoms with van der Waals surface area (Å²) in [6.45, 7) is 6.07. The maximum Gasteiger partial charge on any atom is 0.282 e. The van der Waals surface area contributed by atoms with E-state index in [1.807, 2.05) is 25.1 Å². The van der Waals surface area contributed by atoms with E-state index in [-0.39, 0.29) is 18.7 Å². The van der Waals surface area contributed by atoms with Gasteiger partial charge in [-0.1, -0.05) is 6.07 Å². The Morgan fingerprint density at radius 2 is 2.17 bits per heavy atom. The number of amides is 1. The summed E-state index contributed by atoms with van der Waals surface area (Å²) in [7, 11) is 0. The van der Waals surface area contributed by atoms with Gasteiger partial charge >= 0.3 is 0 Å². The third-order valence-corrected chi connectivity index (χ3v) is 4.96. The average Bonchev–Trinajstić information content (AvgIpc) is 3.22. The lowest BCUT2D eigenvalue weighted by Gasteiger charge is -2.23. The van der Waals surface area contributed by atoms with Crippen molar-refractivity contribution in [1.29, 1.82) is 0 Å². The van der Waals surface area contributed by atoms with Gasteiger partial charge in [0.2, 0.25) is 6.79 Å². The van der Waals surface area contributed by atoms with Gasteiger partial charge in [0.25, 0.3) is 5.91 Å². The molecule has 0 radical (unpaired) electrons. The first-order valence-corrected chi connectivity index (χ1v) is 8.63. The number of anilines is 1. The number of hydrogen-bond acceptors (Lipinski definition) is 4. The molecule has 1 aromatic carbocycles. The molecule has 0 aliphatic carbocycles. The molecule has 0 saturated carbocycles. The summed E-state index contributed by atoms with van der Waals surface area (Å²) in [4.78, 5) is 15.1. The van der Waals surface area contributed by atoms with Gasteiger partial charge in [-0.25, -0.2) is 0 Å². The number of thiophene rings is 1. The van der Waals surface area contributed by atoms with Crippen molar-refractivity contribution in [2.24, 2.45) is 0 Å². The highest BCUT2D eigenvalue weighted by Crippen LogP contribution is 2.34. The van der Waals surface area contributed by atoms with Crippen LogP contribution in [-0.2, 0) is 11.3 Å². The Kier molecular flexibility index (Phi) is 4.83. The Labute approximate surface area is 139 Å². The molecule has 0 fully saturated rings. The van der Waals surface area contributed by atoms with Crippen molar-refractivity contribution in [3.05, 3.63) is 40.6 Å². The zero-order chi connectivity index (χ0) is 16.2. The first-order chi connectivity index (χ1) is 11.2. The zero-order valence-electron chi connectivity index (χ0n) is 13.3. The van der Waals surface area contributed by atoms with Gasteiger partial charge in [0.15, 0.2) is 17.5 Å². The van der Waals surface area contributed by atoms with E-state index >= 15 is 0 Å². The van der Waals surface area contributed by atoms with Crippen LogP contribution in [0.25, 0.3) is 0 Å². The minimum absolute atomic E-state index is 0.0114. The fraction of sp³-hybridized carbons (Fsp3) is 0.353. The van der Waals surface area contributed by atoms with Gasteiger partial charge in [-0.15, -0.1) is 11.3 Å². The van der Waals surface area contributed by atoms with E-state index in [1.54, 1.807) is 17.4 Å². The van der Waals surface area contributed by atoms with Crippen molar-refractivity contribution >= 4 is 22.9 Å². The molecule has 1 aliphatic rings. The molecule has 2 N–H and O–H groups in total. The molecule has 1 aliphatic heterocycles. The fourth-order valence-corrected chi connectivity index (χ4v) is 3.39. The van der Waals surface area contributed by atoms with Gasteiger partial charge in [0, 0.05) is 11.8 Å². The molecular formula is C17H21N2O3S+. The van der Waals surface area contributed by atoms with Gasteiger partial charge in [0.05, 0.1) is 11.4 Å². The Bertz CT molecular complexity index is 672. The minimum atomic E-state index is -0.132. The summed E-state index contributed by atoms with van der Waals surface area (Å²) < 4.78 is 10.6. The van der Waals surface area contributed by atoms with E-state index in [4.69, 9.17) is 9.47 Å². The van der Waals surface area contributed by atoms with E-state index in [0.29, 0.717) is 5.75 Å². The molecule has 0 bridgehead atoms. The van der Waals surface area contributed by atoms with Crippen LogP contribution >= 0.6 is 11.3 Å². The second-order valence-corrected chi connectivity index (χ2v) is 6.58. The smallest absolute Gasteiger partial charge is 0.282 e. The number of quaternary nitrogens is 1. The lowest BCUT2D eigenvalue weighted by molar-refractivity contribution is -0.925. The average molecular weight is 333 g/mol. The lowest BCUT2D eigenvalue weighted by Crippen LogP contribution is -3.15. The van der Waals surface area contributed by atoms with Crippen LogP contribution in [0, 0.1) is 0 Å². The lowest BCUT2D eigenvalue weighted by atomic mass is 10.2. The van der Waals surface area contributed by atoms with Crippen LogP contribution in [0.5, 0.6) is 11.5 Å². The molecule has 23 heavy (non-hydrogen) atoms. The highest BCUT2D eigenvalue weighted by molar-refractivity contribution is 7.09. The quantitative estimate of drug-likeness (QED) is 0.849. The van der Waals surface area contributed by atoms with E-state index in [0.717, 1.165) is 24.5 Å². The number of ether oxygens (including phenoxy) is 2. The maximum absolute atomic E-state index is 12.5. The summed E-state index contributed by atoms with van der Waals surface area (Å²) >= 11 is 1.73. The monoisotopic (exact) mass is 333 g/mol. The Balaban J connectivity index is 1.64. The molecule has 122 valence electrons. The molecule has 1 aromatic heterocycles. The highest BCUT2D eigenvalue weighted by Gasteiger charge is 2.25. The molecular weight excluding hydrogens is 312 g/mol. The number of hydrogen-bond donors (Lipinski definition) is 2. The van der Waals surface area contributed by atoms with Crippen molar-refractivity contribution in [1.82, 2.24) is 0 Å². The predicted octanol–water partition coefficient (Wildman–Crippen LogP) is 1.91. The first kappa shape index (κ1) is 15.8. The third kappa shape index (κ3) is 3.65. The van der Waals surface area contributed by atoms with Crippen molar-refractivity contribution in [3.63, 3.8) is 0 Å².